The van der Waals surface area contributed by atoms with Crippen LogP contribution in [0.25, 0.3) is 11.3 Å². The molecule has 104 valence electrons. The molecule has 0 aliphatic heterocycles. The lowest BCUT2D eigenvalue weighted by molar-refractivity contribution is 0.462. The van der Waals surface area contributed by atoms with Gasteiger partial charge in [0.25, 0.3) is 0 Å². The van der Waals surface area contributed by atoms with Gasteiger partial charge in [0.2, 0.25) is 0 Å². The first-order valence-corrected chi connectivity index (χ1v) is 7.34. The Morgan fingerprint density at radius 1 is 1.05 bits per heavy atom. The first-order chi connectivity index (χ1) is 9.81. The van der Waals surface area contributed by atoms with Crippen LogP contribution < -0.4 is 5.32 Å². The second-order valence-electron chi connectivity index (χ2n) is 5.40. The molecule has 2 aromatic rings. The minimum atomic E-state index is 0.559. The molecular formula is C16H20N4. The number of nitrogens with one attached hydrogen (secondary N) is 1. The number of rotatable bonds is 3. The molecule has 0 radical (unpaired) electrons. The number of pyridine rings is 1. The number of anilines is 1. The van der Waals surface area contributed by atoms with E-state index >= 15 is 0 Å². The molecular weight excluding hydrogens is 248 g/mol. The Hall–Kier alpha value is -1.97. The average Bonchev–Trinajstić information content (AvgIpc) is 2.49. The fourth-order valence-electron chi connectivity index (χ4n) is 2.77. The zero-order valence-corrected chi connectivity index (χ0v) is 11.8. The Bertz CT molecular complexity index is 562. The topological polar surface area (TPSA) is 50.7 Å². The first kappa shape index (κ1) is 13.0. The predicted molar refractivity (Wildman–Crippen MR) is 80.5 cm³/mol. The molecule has 1 saturated carbocycles. The van der Waals surface area contributed by atoms with Crippen molar-refractivity contribution in [2.24, 2.45) is 0 Å². The summed E-state index contributed by atoms with van der Waals surface area (Å²) in [5.41, 5.74) is 2.04. The Labute approximate surface area is 119 Å². The summed E-state index contributed by atoms with van der Waals surface area (Å²) in [6.07, 6.45) is 10.1. The molecule has 1 fully saturated rings. The van der Waals surface area contributed by atoms with Gasteiger partial charge in [0.05, 0.1) is 5.69 Å². The lowest BCUT2D eigenvalue weighted by Crippen LogP contribution is -2.23. The van der Waals surface area contributed by atoms with Gasteiger partial charge < -0.3 is 5.32 Å². The molecule has 0 unspecified atom stereocenters. The van der Waals surface area contributed by atoms with E-state index in [-0.39, 0.29) is 0 Å². The SMILES string of the molecule is Cc1nc(NC2CCCCC2)cc(-c2ccncc2)n1. The quantitative estimate of drug-likeness (QED) is 0.924. The summed E-state index contributed by atoms with van der Waals surface area (Å²) in [5, 5.41) is 3.57. The van der Waals surface area contributed by atoms with Crippen LogP contribution in [-0.4, -0.2) is 21.0 Å². The summed E-state index contributed by atoms with van der Waals surface area (Å²) in [6, 6.07) is 6.55. The van der Waals surface area contributed by atoms with Crippen molar-refractivity contribution in [2.75, 3.05) is 5.32 Å². The molecule has 3 rings (SSSR count). The van der Waals surface area contributed by atoms with Crippen LogP contribution >= 0.6 is 0 Å². The van der Waals surface area contributed by atoms with Crippen LogP contribution in [0, 0.1) is 6.92 Å². The highest BCUT2D eigenvalue weighted by Crippen LogP contribution is 2.23. The van der Waals surface area contributed by atoms with Crippen molar-refractivity contribution < 1.29 is 0 Å². The third kappa shape index (κ3) is 3.13. The Balaban J connectivity index is 1.83. The van der Waals surface area contributed by atoms with Crippen LogP contribution in [0.4, 0.5) is 5.82 Å². The predicted octanol–water partition coefficient (Wildman–Crippen LogP) is 3.59. The number of hydrogen-bond donors (Lipinski definition) is 1. The van der Waals surface area contributed by atoms with Crippen molar-refractivity contribution in [3.05, 3.63) is 36.4 Å². The molecule has 0 bridgehead atoms. The van der Waals surface area contributed by atoms with Crippen LogP contribution in [0.1, 0.15) is 37.9 Å². The molecule has 0 amide bonds. The zero-order valence-electron chi connectivity index (χ0n) is 11.8. The number of nitrogens with zero attached hydrogens (tertiary/aromatic N) is 3. The van der Waals surface area contributed by atoms with E-state index in [0.717, 1.165) is 22.9 Å². The summed E-state index contributed by atoms with van der Waals surface area (Å²) in [6.45, 7) is 1.94. The van der Waals surface area contributed by atoms with E-state index in [1.54, 1.807) is 12.4 Å². The van der Waals surface area contributed by atoms with Gasteiger partial charge in [-0.2, -0.15) is 0 Å². The lowest BCUT2D eigenvalue weighted by Gasteiger charge is -2.23. The van der Waals surface area contributed by atoms with E-state index in [1.807, 2.05) is 25.1 Å². The molecule has 2 aromatic heterocycles. The summed E-state index contributed by atoms with van der Waals surface area (Å²) < 4.78 is 0. The first-order valence-electron chi connectivity index (χ1n) is 7.34. The van der Waals surface area contributed by atoms with Crippen molar-refractivity contribution in [2.45, 2.75) is 45.1 Å². The molecule has 2 heterocycles. The lowest BCUT2D eigenvalue weighted by atomic mass is 9.95. The molecule has 20 heavy (non-hydrogen) atoms. The molecule has 1 aliphatic carbocycles. The van der Waals surface area contributed by atoms with Crippen molar-refractivity contribution in [1.29, 1.82) is 0 Å². The van der Waals surface area contributed by atoms with Gasteiger partial charge in [-0.15, -0.1) is 0 Å². The zero-order chi connectivity index (χ0) is 13.8. The van der Waals surface area contributed by atoms with Crippen molar-refractivity contribution in [1.82, 2.24) is 15.0 Å². The van der Waals surface area contributed by atoms with Crippen LogP contribution in [0.5, 0.6) is 0 Å². The highest BCUT2D eigenvalue weighted by atomic mass is 15.0. The minimum Gasteiger partial charge on any atom is -0.367 e. The van der Waals surface area contributed by atoms with E-state index in [0.29, 0.717) is 6.04 Å². The second kappa shape index (κ2) is 5.99. The molecule has 1 aliphatic rings. The molecule has 0 saturated heterocycles. The Morgan fingerprint density at radius 2 is 1.80 bits per heavy atom. The third-order valence-corrected chi connectivity index (χ3v) is 3.77. The number of aryl methyl sites for hydroxylation is 1. The van der Waals surface area contributed by atoms with Crippen LogP contribution in [-0.2, 0) is 0 Å². The molecule has 0 atom stereocenters. The molecule has 0 spiro atoms. The largest absolute Gasteiger partial charge is 0.367 e. The monoisotopic (exact) mass is 268 g/mol. The van der Waals surface area contributed by atoms with E-state index in [9.17, 15) is 0 Å². The van der Waals surface area contributed by atoms with Gasteiger partial charge in [0.15, 0.2) is 0 Å². The molecule has 1 N–H and O–H groups in total. The average molecular weight is 268 g/mol. The maximum atomic E-state index is 4.52. The van der Waals surface area contributed by atoms with Crippen molar-refractivity contribution >= 4 is 5.82 Å². The molecule has 4 nitrogen and oxygen atoms in total. The van der Waals surface area contributed by atoms with Gasteiger partial charge in [0, 0.05) is 30.1 Å². The third-order valence-electron chi connectivity index (χ3n) is 3.77. The van der Waals surface area contributed by atoms with Gasteiger partial charge in [-0.3, -0.25) is 4.98 Å². The van der Waals surface area contributed by atoms with Crippen LogP contribution in [0.2, 0.25) is 0 Å². The maximum absolute atomic E-state index is 4.52. The fraction of sp³-hybridized carbons (Fsp3) is 0.438. The standard InChI is InChI=1S/C16H20N4/c1-12-18-15(13-7-9-17-10-8-13)11-16(19-12)20-14-5-3-2-4-6-14/h7-11,14H,2-6H2,1H3,(H,18,19,20). The van der Waals surface area contributed by atoms with Gasteiger partial charge in [-0.05, 0) is 31.9 Å². The summed E-state index contributed by atoms with van der Waals surface area (Å²) in [7, 11) is 0. The van der Waals surface area contributed by atoms with Crippen LogP contribution in [0.15, 0.2) is 30.6 Å². The highest BCUT2D eigenvalue weighted by molar-refractivity contribution is 5.61. The van der Waals surface area contributed by atoms with E-state index in [4.69, 9.17) is 0 Å². The normalized spacial score (nSPS) is 16.1. The van der Waals surface area contributed by atoms with Gasteiger partial charge in [0.1, 0.15) is 11.6 Å². The Kier molecular flexibility index (Phi) is 3.90. The summed E-state index contributed by atoms with van der Waals surface area (Å²) in [5.74, 6) is 1.74. The highest BCUT2D eigenvalue weighted by Gasteiger charge is 2.14. The van der Waals surface area contributed by atoms with Gasteiger partial charge in [-0.1, -0.05) is 19.3 Å². The second-order valence-corrected chi connectivity index (χ2v) is 5.40. The number of hydrogen-bond acceptors (Lipinski definition) is 4. The summed E-state index contributed by atoms with van der Waals surface area (Å²) >= 11 is 0. The fourth-order valence-corrected chi connectivity index (χ4v) is 2.77. The minimum absolute atomic E-state index is 0.559. The van der Waals surface area contributed by atoms with Crippen LogP contribution in [0.3, 0.4) is 0 Å². The summed E-state index contributed by atoms with van der Waals surface area (Å²) in [4.78, 5) is 13.1. The molecule has 0 aromatic carbocycles. The van der Waals surface area contributed by atoms with E-state index in [2.05, 4.69) is 20.3 Å². The van der Waals surface area contributed by atoms with Gasteiger partial charge >= 0.3 is 0 Å². The molecule has 4 heteroatoms. The number of aromatic nitrogens is 3. The smallest absolute Gasteiger partial charge is 0.130 e. The maximum Gasteiger partial charge on any atom is 0.130 e. The van der Waals surface area contributed by atoms with Crippen molar-refractivity contribution in [3.63, 3.8) is 0 Å². The van der Waals surface area contributed by atoms with Gasteiger partial charge in [-0.25, -0.2) is 9.97 Å². The van der Waals surface area contributed by atoms with E-state index < -0.39 is 0 Å². The van der Waals surface area contributed by atoms with Crippen molar-refractivity contribution in [3.8, 4) is 11.3 Å². The van der Waals surface area contributed by atoms with E-state index in [1.165, 1.54) is 32.1 Å². The Morgan fingerprint density at radius 3 is 2.55 bits per heavy atom.